The molecule has 0 saturated carbocycles. The lowest BCUT2D eigenvalue weighted by Gasteiger charge is -2.23. The number of aromatic nitrogens is 1. The molecule has 1 aromatic heterocycles. The zero-order valence-corrected chi connectivity index (χ0v) is 12.8. The smallest absolute Gasteiger partial charge is 0.261 e. The fourth-order valence-corrected chi connectivity index (χ4v) is 3.45. The van der Waals surface area contributed by atoms with Crippen molar-refractivity contribution in [2.75, 3.05) is 13.2 Å². The molecule has 1 unspecified atom stereocenters. The van der Waals surface area contributed by atoms with Gasteiger partial charge in [-0.15, -0.1) is 11.3 Å². The molecule has 5 heteroatoms. The van der Waals surface area contributed by atoms with Crippen molar-refractivity contribution in [3.63, 3.8) is 0 Å². The molecule has 0 bridgehead atoms. The van der Waals surface area contributed by atoms with Gasteiger partial charge in [0.2, 0.25) is 0 Å². The second kappa shape index (κ2) is 6.26. The van der Waals surface area contributed by atoms with Crippen LogP contribution in [-0.2, 0) is 4.79 Å². The Morgan fingerprint density at radius 2 is 2.33 bits per heavy atom. The van der Waals surface area contributed by atoms with Crippen molar-refractivity contribution < 1.29 is 9.53 Å². The highest BCUT2D eigenvalue weighted by Crippen LogP contribution is 2.33. The van der Waals surface area contributed by atoms with Crippen LogP contribution in [0.25, 0.3) is 0 Å². The number of likely N-dealkylation sites (tertiary alicyclic amines) is 1. The summed E-state index contributed by atoms with van der Waals surface area (Å²) in [4.78, 5) is 18.7. The number of thiazole rings is 1. The van der Waals surface area contributed by atoms with E-state index in [2.05, 4.69) is 4.98 Å². The zero-order chi connectivity index (χ0) is 14.7. The van der Waals surface area contributed by atoms with Crippen molar-refractivity contribution in [3.05, 3.63) is 46.4 Å². The van der Waals surface area contributed by atoms with E-state index in [9.17, 15) is 4.79 Å². The van der Waals surface area contributed by atoms with E-state index in [1.807, 2.05) is 41.5 Å². The second-order valence-corrected chi connectivity index (χ2v) is 6.10. The Labute approximate surface area is 128 Å². The van der Waals surface area contributed by atoms with Crippen LogP contribution in [0.15, 0.2) is 35.8 Å². The number of benzene rings is 1. The first-order chi connectivity index (χ1) is 10.3. The maximum atomic E-state index is 12.4. The van der Waals surface area contributed by atoms with Crippen molar-refractivity contribution in [3.8, 4) is 5.75 Å². The summed E-state index contributed by atoms with van der Waals surface area (Å²) in [6, 6.07) is 7.88. The summed E-state index contributed by atoms with van der Waals surface area (Å²) >= 11 is 1.61. The third-order valence-electron chi connectivity index (χ3n) is 3.75. The van der Waals surface area contributed by atoms with Crippen LogP contribution in [0.1, 0.15) is 29.5 Å². The molecule has 1 saturated heterocycles. The summed E-state index contributed by atoms with van der Waals surface area (Å²) in [6.45, 7) is 2.86. The highest BCUT2D eigenvalue weighted by atomic mass is 32.1. The van der Waals surface area contributed by atoms with Crippen LogP contribution in [0.5, 0.6) is 5.75 Å². The average Bonchev–Trinajstić information content (AvgIpc) is 3.16. The lowest BCUT2D eigenvalue weighted by molar-refractivity contribution is -0.134. The maximum Gasteiger partial charge on any atom is 0.261 e. The number of ether oxygens (including phenoxy) is 1. The lowest BCUT2D eigenvalue weighted by atomic mass is 10.2. The first kappa shape index (κ1) is 14.1. The third-order valence-corrected chi connectivity index (χ3v) is 4.63. The number of hydrogen-bond acceptors (Lipinski definition) is 4. The molecule has 3 rings (SSSR count). The van der Waals surface area contributed by atoms with Gasteiger partial charge in [-0.1, -0.05) is 18.2 Å². The van der Waals surface area contributed by atoms with Crippen LogP contribution in [0.3, 0.4) is 0 Å². The molecule has 1 aromatic carbocycles. The Morgan fingerprint density at radius 3 is 3.10 bits per heavy atom. The second-order valence-electron chi connectivity index (χ2n) is 5.17. The van der Waals surface area contributed by atoms with Gasteiger partial charge in [0.25, 0.3) is 5.91 Å². The Morgan fingerprint density at radius 1 is 1.48 bits per heavy atom. The van der Waals surface area contributed by atoms with Crippen LogP contribution >= 0.6 is 11.3 Å². The molecule has 1 fully saturated rings. The van der Waals surface area contributed by atoms with Gasteiger partial charge in [0.05, 0.1) is 6.04 Å². The summed E-state index contributed by atoms with van der Waals surface area (Å²) < 4.78 is 5.67. The van der Waals surface area contributed by atoms with E-state index >= 15 is 0 Å². The first-order valence-corrected chi connectivity index (χ1v) is 8.01. The average molecular weight is 302 g/mol. The van der Waals surface area contributed by atoms with E-state index in [1.54, 1.807) is 17.5 Å². The minimum atomic E-state index is 0.0379. The Hall–Kier alpha value is -1.88. The van der Waals surface area contributed by atoms with Gasteiger partial charge >= 0.3 is 0 Å². The van der Waals surface area contributed by atoms with Crippen LogP contribution < -0.4 is 4.74 Å². The summed E-state index contributed by atoms with van der Waals surface area (Å²) in [6.07, 6.45) is 3.81. The maximum absolute atomic E-state index is 12.4. The molecule has 1 amide bonds. The van der Waals surface area contributed by atoms with Gasteiger partial charge in [-0.3, -0.25) is 4.79 Å². The summed E-state index contributed by atoms with van der Waals surface area (Å²) in [7, 11) is 0. The van der Waals surface area contributed by atoms with E-state index in [-0.39, 0.29) is 18.6 Å². The van der Waals surface area contributed by atoms with Crippen molar-refractivity contribution in [1.29, 1.82) is 0 Å². The number of para-hydroxylation sites is 1. The Bertz CT molecular complexity index is 612. The Kier molecular flexibility index (Phi) is 4.20. The van der Waals surface area contributed by atoms with Gasteiger partial charge in [-0.2, -0.15) is 0 Å². The predicted molar refractivity (Wildman–Crippen MR) is 82.5 cm³/mol. The fourth-order valence-electron chi connectivity index (χ4n) is 2.66. The molecule has 21 heavy (non-hydrogen) atoms. The molecule has 2 aromatic rings. The number of carbonyl (C=O) groups excluding carboxylic acids is 1. The van der Waals surface area contributed by atoms with E-state index in [0.29, 0.717) is 0 Å². The van der Waals surface area contributed by atoms with Gasteiger partial charge < -0.3 is 9.64 Å². The van der Waals surface area contributed by atoms with Crippen LogP contribution in [0, 0.1) is 6.92 Å². The molecule has 0 spiro atoms. The highest BCUT2D eigenvalue weighted by molar-refractivity contribution is 7.09. The SMILES string of the molecule is Cc1ccccc1OCC(=O)N1CCCC1c1nccs1. The monoisotopic (exact) mass is 302 g/mol. The van der Waals surface area contributed by atoms with Crippen molar-refractivity contribution >= 4 is 17.2 Å². The van der Waals surface area contributed by atoms with E-state index in [4.69, 9.17) is 4.74 Å². The molecule has 110 valence electrons. The minimum Gasteiger partial charge on any atom is -0.484 e. The van der Waals surface area contributed by atoms with Gasteiger partial charge in [-0.25, -0.2) is 4.98 Å². The lowest BCUT2D eigenvalue weighted by Crippen LogP contribution is -2.34. The summed E-state index contributed by atoms with van der Waals surface area (Å²) in [5.41, 5.74) is 1.04. The van der Waals surface area contributed by atoms with Crippen LogP contribution in [0.4, 0.5) is 0 Å². The van der Waals surface area contributed by atoms with Gasteiger partial charge in [0, 0.05) is 18.1 Å². The summed E-state index contributed by atoms with van der Waals surface area (Å²) in [5, 5.41) is 2.98. The van der Waals surface area contributed by atoms with Crippen molar-refractivity contribution in [2.45, 2.75) is 25.8 Å². The molecular formula is C16H18N2O2S. The van der Waals surface area contributed by atoms with Gasteiger partial charge in [0.15, 0.2) is 6.61 Å². The first-order valence-electron chi connectivity index (χ1n) is 7.13. The molecule has 0 N–H and O–H groups in total. The predicted octanol–water partition coefficient (Wildman–Crippen LogP) is 3.19. The van der Waals surface area contributed by atoms with Crippen LogP contribution in [0.2, 0.25) is 0 Å². The number of rotatable bonds is 4. The molecule has 0 radical (unpaired) electrons. The fraction of sp³-hybridized carbons (Fsp3) is 0.375. The molecular weight excluding hydrogens is 284 g/mol. The highest BCUT2D eigenvalue weighted by Gasteiger charge is 2.31. The van der Waals surface area contributed by atoms with Gasteiger partial charge in [-0.05, 0) is 31.4 Å². The molecule has 0 aliphatic carbocycles. The number of hydrogen-bond donors (Lipinski definition) is 0. The Balaban J connectivity index is 1.64. The summed E-state index contributed by atoms with van der Waals surface area (Å²) in [5.74, 6) is 0.812. The zero-order valence-electron chi connectivity index (χ0n) is 12.0. The van der Waals surface area contributed by atoms with E-state index in [1.165, 1.54) is 0 Å². The number of nitrogens with zero attached hydrogens (tertiary/aromatic N) is 2. The topological polar surface area (TPSA) is 42.4 Å². The molecule has 1 aliphatic heterocycles. The third kappa shape index (κ3) is 3.08. The quantitative estimate of drug-likeness (QED) is 0.871. The minimum absolute atomic E-state index is 0.0379. The van der Waals surface area contributed by atoms with E-state index in [0.717, 1.165) is 35.7 Å². The standard InChI is InChI=1S/C16H18N2O2S/c1-12-5-2-3-7-14(12)20-11-15(19)18-9-4-6-13(18)16-17-8-10-21-16/h2-3,5,7-8,10,13H,4,6,9,11H2,1H3. The van der Waals surface area contributed by atoms with Gasteiger partial charge in [0.1, 0.15) is 10.8 Å². The number of carbonyl (C=O) groups is 1. The molecule has 4 nitrogen and oxygen atoms in total. The molecule has 2 heterocycles. The molecule has 1 atom stereocenters. The van der Waals surface area contributed by atoms with Crippen molar-refractivity contribution in [1.82, 2.24) is 9.88 Å². The number of aryl methyl sites for hydroxylation is 1. The van der Waals surface area contributed by atoms with Crippen LogP contribution in [-0.4, -0.2) is 28.9 Å². The largest absolute Gasteiger partial charge is 0.484 e. The molecule has 1 aliphatic rings. The normalized spacial score (nSPS) is 18.0. The van der Waals surface area contributed by atoms with E-state index < -0.39 is 0 Å². The number of amides is 1. The van der Waals surface area contributed by atoms with Crippen molar-refractivity contribution in [2.24, 2.45) is 0 Å².